The summed E-state index contributed by atoms with van der Waals surface area (Å²) >= 11 is 0. The zero-order valence-electron chi connectivity index (χ0n) is 29.6. The molecule has 1 amide bonds. The molecule has 2 aromatic rings. The molecule has 2 aromatic carbocycles. The second-order valence-electron chi connectivity index (χ2n) is 13.6. The highest BCUT2D eigenvalue weighted by Gasteiger charge is 2.41. The zero-order valence-corrected chi connectivity index (χ0v) is 30.4. The molecule has 1 aliphatic carbocycles. The molecular formula is C37H54N6O5S. The highest BCUT2D eigenvalue weighted by molar-refractivity contribution is 7.93. The third kappa shape index (κ3) is 10.7. The molecule has 0 aromatic heterocycles. The molecule has 1 aliphatic heterocycles. The average molecular weight is 695 g/mol. The predicted octanol–water partition coefficient (Wildman–Crippen LogP) is 4.88. The van der Waals surface area contributed by atoms with Crippen LogP contribution in [0.4, 0.5) is 0 Å². The van der Waals surface area contributed by atoms with E-state index < -0.39 is 21.0 Å². The minimum absolute atomic E-state index is 0.00247. The molecule has 268 valence electrons. The number of hydrogen-bond donors (Lipinski definition) is 1. The van der Waals surface area contributed by atoms with E-state index in [-0.39, 0.29) is 41.8 Å². The van der Waals surface area contributed by atoms with Crippen molar-refractivity contribution in [3.8, 4) is 0 Å². The van der Waals surface area contributed by atoms with Crippen LogP contribution in [0.3, 0.4) is 0 Å². The molecule has 1 heterocycles. The third-order valence-corrected chi connectivity index (χ3v) is 11.4. The van der Waals surface area contributed by atoms with E-state index in [2.05, 4.69) is 39.4 Å². The summed E-state index contributed by atoms with van der Waals surface area (Å²) < 4.78 is 29.7. The number of amides is 1. The lowest BCUT2D eigenvalue weighted by Gasteiger charge is -2.37. The number of nitrogens with zero attached hydrogens (tertiary/aromatic N) is 5. The van der Waals surface area contributed by atoms with Gasteiger partial charge in [-0.1, -0.05) is 67.1 Å². The van der Waals surface area contributed by atoms with Crippen molar-refractivity contribution in [3.05, 3.63) is 104 Å². The fourth-order valence-electron chi connectivity index (χ4n) is 6.79. The van der Waals surface area contributed by atoms with Crippen LogP contribution in [0.25, 0.3) is 0 Å². The first-order valence-corrected chi connectivity index (χ1v) is 18.9. The lowest BCUT2D eigenvalue weighted by molar-refractivity contribution is -0.421. The quantitative estimate of drug-likeness (QED) is 0.173. The summed E-state index contributed by atoms with van der Waals surface area (Å²) in [6.45, 7) is 3.46. The molecule has 1 unspecified atom stereocenters. The van der Waals surface area contributed by atoms with Gasteiger partial charge in [-0.3, -0.25) is 14.9 Å². The molecule has 12 heteroatoms. The number of nitro groups is 1. The number of allylic oxidation sites excluding steroid dienone is 3. The zero-order chi connectivity index (χ0) is 35.4. The lowest BCUT2D eigenvalue weighted by Crippen LogP contribution is -2.53. The standard InChI is InChI=1S/C37H54N6O5S/c1-39(2)24-13-26-41(27-14-25-40(3)4)37(44)35-19-11-12-28-42(35)49(47,48)32-20-21-34(36(29-32)43(45)46)38-23-22-33(30-15-7-5-8-16-30)31-17-9-6-10-18-31/h5-10,15-18,29,33,35,38H,11-14,19-28H2,1-4H3. The molecule has 1 fully saturated rings. The number of carbonyl (C=O) groups is 1. The van der Waals surface area contributed by atoms with Gasteiger partial charge in [-0.15, -0.1) is 0 Å². The van der Waals surface area contributed by atoms with E-state index in [1.54, 1.807) is 0 Å². The van der Waals surface area contributed by atoms with E-state index in [0.717, 1.165) is 43.5 Å². The van der Waals surface area contributed by atoms with Crippen molar-refractivity contribution in [2.45, 2.75) is 63.3 Å². The van der Waals surface area contributed by atoms with Gasteiger partial charge in [0.15, 0.2) is 0 Å². The van der Waals surface area contributed by atoms with Gasteiger partial charge in [0.1, 0.15) is 6.04 Å². The number of piperidine rings is 1. The van der Waals surface area contributed by atoms with Crippen molar-refractivity contribution in [3.63, 3.8) is 0 Å². The molecule has 0 saturated carbocycles. The van der Waals surface area contributed by atoms with Gasteiger partial charge in [0, 0.05) is 38.2 Å². The van der Waals surface area contributed by atoms with Gasteiger partial charge in [0.2, 0.25) is 15.9 Å². The fourth-order valence-corrected chi connectivity index (χ4v) is 8.61. The van der Waals surface area contributed by atoms with Gasteiger partial charge in [0.05, 0.1) is 15.5 Å². The molecule has 0 radical (unpaired) electrons. The highest BCUT2D eigenvalue weighted by atomic mass is 32.2. The molecule has 1 N–H and O–H groups in total. The van der Waals surface area contributed by atoms with Crippen LogP contribution in [0.2, 0.25) is 0 Å². The summed E-state index contributed by atoms with van der Waals surface area (Å²) in [6, 6.07) is 19.5. The highest BCUT2D eigenvalue weighted by Crippen LogP contribution is 2.33. The van der Waals surface area contributed by atoms with Gasteiger partial charge >= 0.3 is 0 Å². The predicted molar refractivity (Wildman–Crippen MR) is 195 cm³/mol. The van der Waals surface area contributed by atoms with Crippen LogP contribution in [-0.2, 0) is 14.8 Å². The number of sulfonamides is 1. The smallest absolute Gasteiger partial charge is 0.289 e. The second-order valence-corrected chi connectivity index (χ2v) is 15.5. The molecule has 2 aliphatic rings. The van der Waals surface area contributed by atoms with Crippen molar-refractivity contribution in [2.75, 3.05) is 67.5 Å². The summed E-state index contributed by atoms with van der Waals surface area (Å²) in [4.78, 5) is 31.8. The van der Waals surface area contributed by atoms with Crippen LogP contribution in [-0.4, -0.2) is 112 Å². The van der Waals surface area contributed by atoms with Crippen molar-refractivity contribution >= 4 is 15.9 Å². The van der Waals surface area contributed by atoms with E-state index in [0.29, 0.717) is 44.6 Å². The van der Waals surface area contributed by atoms with Crippen LogP contribution >= 0.6 is 0 Å². The topological polar surface area (TPSA) is 119 Å². The summed E-state index contributed by atoms with van der Waals surface area (Å²) in [5.41, 5.74) is 2.53. The van der Waals surface area contributed by atoms with Crippen LogP contribution in [0.15, 0.2) is 83.0 Å². The minimum Gasteiger partial charge on any atom is -0.383 e. The molecule has 49 heavy (non-hydrogen) atoms. The maximum Gasteiger partial charge on any atom is 0.289 e. The Morgan fingerprint density at radius 3 is 2.00 bits per heavy atom. The van der Waals surface area contributed by atoms with Crippen LogP contribution in [0.5, 0.6) is 0 Å². The molecule has 4 rings (SSSR count). The molecular weight excluding hydrogens is 641 g/mol. The lowest BCUT2D eigenvalue weighted by atomic mass is 9.88. The molecule has 11 nitrogen and oxygen atoms in total. The molecule has 0 bridgehead atoms. The Hall–Kier alpha value is -3.58. The number of carbonyl (C=O) groups excluding carboxylic acids is 1. The van der Waals surface area contributed by atoms with E-state index in [1.165, 1.54) is 10.4 Å². The summed E-state index contributed by atoms with van der Waals surface area (Å²) in [5, 5.41) is 15.6. The first kappa shape index (κ1) is 38.2. The van der Waals surface area contributed by atoms with Crippen LogP contribution in [0, 0.1) is 10.1 Å². The van der Waals surface area contributed by atoms with Gasteiger partial charge < -0.3 is 20.0 Å². The SMILES string of the molecule is CN(C)CCCN(CCCN(C)C)C(=O)C1CCCCN1S(=O)(=O)C1=CC([N+](=O)[O-])=C(NCCC(c2ccccc2)c2ccccc2)CC1. The molecule has 1 saturated heterocycles. The summed E-state index contributed by atoms with van der Waals surface area (Å²) in [7, 11) is 3.86. The average Bonchev–Trinajstić information content (AvgIpc) is 3.09. The van der Waals surface area contributed by atoms with Crippen molar-refractivity contribution < 1.29 is 18.1 Å². The first-order valence-electron chi connectivity index (χ1n) is 17.5. The Labute approximate surface area is 292 Å². The Bertz CT molecular complexity index is 1490. The maximum atomic E-state index is 14.2. The first-order chi connectivity index (χ1) is 23.5. The normalized spacial score (nSPS) is 17.4. The number of hydrogen-bond acceptors (Lipinski definition) is 8. The third-order valence-electron chi connectivity index (χ3n) is 9.36. The van der Waals surface area contributed by atoms with Gasteiger partial charge in [0.25, 0.3) is 5.70 Å². The second kappa shape index (κ2) is 18.4. The van der Waals surface area contributed by atoms with E-state index >= 15 is 0 Å². The monoisotopic (exact) mass is 694 g/mol. The van der Waals surface area contributed by atoms with Gasteiger partial charge in [-0.25, -0.2) is 8.42 Å². The van der Waals surface area contributed by atoms with E-state index in [1.807, 2.05) is 69.5 Å². The molecule has 0 spiro atoms. The van der Waals surface area contributed by atoms with Crippen LogP contribution in [0.1, 0.15) is 68.4 Å². The summed E-state index contributed by atoms with van der Waals surface area (Å²) in [5.74, 6) is -0.0699. The molecule has 1 atom stereocenters. The van der Waals surface area contributed by atoms with Crippen molar-refractivity contribution in [1.29, 1.82) is 0 Å². The Kier molecular flexibility index (Phi) is 14.4. The Morgan fingerprint density at radius 1 is 0.898 bits per heavy atom. The number of rotatable bonds is 18. The van der Waals surface area contributed by atoms with Crippen molar-refractivity contribution in [1.82, 2.24) is 24.3 Å². The number of benzene rings is 2. The summed E-state index contributed by atoms with van der Waals surface area (Å²) in [6.07, 6.45) is 5.68. The van der Waals surface area contributed by atoms with Crippen molar-refractivity contribution in [2.24, 2.45) is 0 Å². The van der Waals surface area contributed by atoms with Crippen LogP contribution < -0.4 is 5.32 Å². The maximum absolute atomic E-state index is 14.2. The van der Waals surface area contributed by atoms with E-state index in [4.69, 9.17) is 0 Å². The minimum atomic E-state index is -4.11. The fraction of sp³-hybridized carbons (Fsp3) is 0.541. The Morgan fingerprint density at radius 2 is 1.47 bits per heavy atom. The Balaban J connectivity index is 1.52. The van der Waals surface area contributed by atoms with Gasteiger partial charge in [-0.05, 0) is 97.4 Å². The largest absolute Gasteiger partial charge is 0.383 e. The van der Waals surface area contributed by atoms with E-state index in [9.17, 15) is 23.3 Å². The number of nitrogens with one attached hydrogen (secondary N) is 1. The van der Waals surface area contributed by atoms with Gasteiger partial charge in [-0.2, -0.15) is 4.31 Å².